The monoisotopic (exact) mass is 286 g/mol. The van der Waals surface area contributed by atoms with Crippen LogP contribution in [-0.2, 0) is 0 Å². The summed E-state index contributed by atoms with van der Waals surface area (Å²) < 4.78 is 0. The van der Waals surface area contributed by atoms with E-state index in [-0.39, 0.29) is 22.6 Å². The number of guanidine groups is 2. The van der Waals surface area contributed by atoms with Crippen molar-refractivity contribution in [1.82, 2.24) is 21.5 Å². The highest BCUT2D eigenvalue weighted by molar-refractivity contribution is 5.81. The Bertz CT molecular complexity index is 441. The molecule has 0 aromatic heterocycles. The molecule has 1 aromatic carbocycles. The van der Waals surface area contributed by atoms with Gasteiger partial charge in [-0.05, 0) is 24.3 Å². The number of rotatable bonds is 4. The molecule has 1 rings (SSSR count). The highest BCUT2D eigenvalue weighted by Crippen LogP contribution is 2.18. The van der Waals surface area contributed by atoms with E-state index in [9.17, 15) is 0 Å². The molecule has 110 valence electrons. The predicted octanol–water partition coefficient (Wildman–Crippen LogP) is -1.25. The van der Waals surface area contributed by atoms with Gasteiger partial charge < -0.3 is 11.5 Å². The summed E-state index contributed by atoms with van der Waals surface area (Å²) in [5, 5.41) is 33.1. The molecule has 0 radical (unpaired) electrons. The van der Waals surface area contributed by atoms with Crippen LogP contribution in [0.15, 0.2) is 34.3 Å². The Labute approximate surface area is 112 Å². The molecule has 0 heterocycles. The summed E-state index contributed by atoms with van der Waals surface area (Å²) in [4.78, 5) is 7.61. The number of hydrogen-bond acceptors (Lipinski definition) is 8. The lowest BCUT2D eigenvalue weighted by Crippen LogP contribution is -2.42. The lowest BCUT2D eigenvalue weighted by atomic mass is 10.3. The molecule has 0 bridgehead atoms. The van der Waals surface area contributed by atoms with E-state index in [1.165, 1.54) is 24.3 Å². The van der Waals surface area contributed by atoms with Crippen LogP contribution in [-0.4, -0.2) is 43.4 Å². The SMILES string of the molecule is NC(=Nc1ccc(N=C(N)NN(O)O)cc1)NN(O)O. The summed E-state index contributed by atoms with van der Waals surface area (Å²) in [6.07, 6.45) is 0. The Morgan fingerprint density at radius 3 is 1.35 bits per heavy atom. The summed E-state index contributed by atoms with van der Waals surface area (Å²) in [6, 6.07) is 6.09. The van der Waals surface area contributed by atoms with Gasteiger partial charge in [-0.15, -0.1) is 0 Å². The fourth-order valence-electron chi connectivity index (χ4n) is 1.13. The molecule has 20 heavy (non-hydrogen) atoms. The van der Waals surface area contributed by atoms with Gasteiger partial charge in [0.1, 0.15) is 0 Å². The first-order valence-electron chi connectivity index (χ1n) is 5.04. The van der Waals surface area contributed by atoms with E-state index in [4.69, 9.17) is 32.3 Å². The number of benzene rings is 1. The molecule has 12 heteroatoms. The zero-order valence-electron chi connectivity index (χ0n) is 10.0. The van der Waals surface area contributed by atoms with E-state index in [2.05, 4.69) is 9.98 Å². The van der Waals surface area contributed by atoms with Gasteiger partial charge in [-0.3, -0.25) is 20.8 Å². The third-order valence-corrected chi connectivity index (χ3v) is 1.78. The molecule has 0 saturated carbocycles. The summed E-state index contributed by atoms with van der Waals surface area (Å²) in [5.41, 5.74) is 15.3. The molecule has 0 aliphatic heterocycles. The first kappa shape index (κ1) is 15.6. The maximum Gasteiger partial charge on any atom is 0.212 e. The van der Waals surface area contributed by atoms with Gasteiger partial charge in [0, 0.05) is 10.7 Å². The number of nitrogens with two attached hydrogens (primary N) is 2. The molecule has 0 aliphatic carbocycles. The number of hydrazine groups is 2. The Morgan fingerprint density at radius 2 is 1.10 bits per heavy atom. The third kappa shape index (κ3) is 5.91. The Kier molecular flexibility index (Phi) is 5.60. The third-order valence-electron chi connectivity index (χ3n) is 1.78. The van der Waals surface area contributed by atoms with Crippen molar-refractivity contribution in [2.24, 2.45) is 21.5 Å². The minimum Gasteiger partial charge on any atom is -0.368 e. The number of nitrogens with one attached hydrogen (secondary N) is 2. The van der Waals surface area contributed by atoms with Crippen molar-refractivity contribution in [3.8, 4) is 0 Å². The second-order valence-electron chi connectivity index (χ2n) is 3.31. The lowest BCUT2D eigenvalue weighted by molar-refractivity contribution is -0.330. The quantitative estimate of drug-likeness (QED) is 0.188. The molecule has 12 nitrogen and oxygen atoms in total. The van der Waals surface area contributed by atoms with E-state index in [1.54, 1.807) is 0 Å². The fourth-order valence-corrected chi connectivity index (χ4v) is 1.13. The van der Waals surface area contributed by atoms with E-state index < -0.39 is 0 Å². The first-order valence-corrected chi connectivity index (χ1v) is 5.04. The fraction of sp³-hybridized carbons (Fsp3) is 0. The highest BCUT2D eigenvalue weighted by Gasteiger charge is 1.99. The minimum absolute atomic E-state index is 0.247. The standard InChI is InChI=1S/C8H14N8O4/c9-7(13-15(17)18)11-5-1-2-6(4-3-5)12-8(10)14-16(19)20/h1-4,17-20H,(H3,9,11,13)(H3,10,12,14). The molecule has 0 saturated heterocycles. The van der Waals surface area contributed by atoms with E-state index in [0.29, 0.717) is 11.4 Å². The minimum atomic E-state index is -0.334. The van der Waals surface area contributed by atoms with Crippen LogP contribution in [0, 0.1) is 0 Å². The van der Waals surface area contributed by atoms with Gasteiger partial charge >= 0.3 is 0 Å². The van der Waals surface area contributed by atoms with E-state index >= 15 is 0 Å². The molecule has 0 fully saturated rings. The predicted molar refractivity (Wildman–Crippen MR) is 66.1 cm³/mol. The largest absolute Gasteiger partial charge is 0.368 e. The Hall–Kier alpha value is -2.48. The number of nitrogens with zero attached hydrogens (tertiary/aromatic N) is 4. The van der Waals surface area contributed by atoms with Crippen molar-refractivity contribution >= 4 is 23.3 Å². The topological polar surface area (TPSA) is 188 Å². The van der Waals surface area contributed by atoms with Crippen molar-refractivity contribution in [1.29, 1.82) is 0 Å². The van der Waals surface area contributed by atoms with Gasteiger partial charge in [-0.1, -0.05) is 0 Å². The molecule has 1 aromatic rings. The lowest BCUT2D eigenvalue weighted by Gasteiger charge is -2.08. The van der Waals surface area contributed by atoms with Crippen LogP contribution < -0.4 is 22.3 Å². The molecule has 0 aliphatic rings. The van der Waals surface area contributed by atoms with Crippen LogP contribution in [0.3, 0.4) is 0 Å². The Morgan fingerprint density at radius 1 is 0.800 bits per heavy atom. The van der Waals surface area contributed by atoms with Crippen molar-refractivity contribution in [3.05, 3.63) is 24.3 Å². The average molecular weight is 286 g/mol. The van der Waals surface area contributed by atoms with Gasteiger partial charge in [-0.2, -0.15) is 0 Å². The molecule has 0 amide bonds. The van der Waals surface area contributed by atoms with Gasteiger partial charge in [0.05, 0.1) is 11.4 Å². The van der Waals surface area contributed by atoms with Crippen molar-refractivity contribution < 1.29 is 20.8 Å². The summed E-state index contributed by atoms with van der Waals surface area (Å²) in [6.45, 7) is 0. The zero-order chi connectivity index (χ0) is 15.1. The van der Waals surface area contributed by atoms with Gasteiger partial charge in [0.15, 0.2) is 0 Å². The molecule has 0 spiro atoms. The van der Waals surface area contributed by atoms with Crippen LogP contribution in [0.2, 0.25) is 0 Å². The van der Waals surface area contributed by atoms with Crippen LogP contribution in [0.4, 0.5) is 11.4 Å². The summed E-state index contributed by atoms with van der Waals surface area (Å²) >= 11 is 0. The van der Waals surface area contributed by atoms with E-state index in [0.717, 1.165) is 0 Å². The van der Waals surface area contributed by atoms with Crippen LogP contribution in [0.1, 0.15) is 0 Å². The highest BCUT2D eigenvalue weighted by atomic mass is 16.8. The first-order chi connectivity index (χ1) is 9.36. The molecular formula is C8H14N8O4. The molecule has 10 N–H and O–H groups in total. The molecule has 0 unspecified atom stereocenters. The molecular weight excluding hydrogens is 272 g/mol. The average Bonchev–Trinajstić information content (AvgIpc) is 2.29. The van der Waals surface area contributed by atoms with Crippen molar-refractivity contribution in [2.45, 2.75) is 0 Å². The Balaban J connectivity index is 2.74. The second-order valence-corrected chi connectivity index (χ2v) is 3.31. The van der Waals surface area contributed by atoms with Crippen LogP contribution >= 0.6 is 0 Å². The number of hydrogen-bond donors (Lipinski definition) is 8. The maximum absolute atomic E-state index is 8.45. The van der Waals surface area contributed by atoms with Gasteiger partial charge in [0.25, 0.3) is 0 Å². The van der Waals surface area contributed by atoms with Gasteiger partial charge in [0.2, 0.25) is 11.9 Å². The van der Waals surface area contributed by atoms with Gasteiger partial charge in [-0.25, -0.2) is 20.8 Å². The zero-order valence-corrected chi connectivity index (χ0v) is 10.0. The summed E-state index contributed by atoms with van der Waals surface area (Å²) in [5.74, 6) is -0.493. The van der Waals surface area contributed by atoms with Crippen molar-refractivity contribution in [3.63, 3.8) is 0 Å². The van der Waals surface area contributed by atoms with Crippen LogP contribution in [0.5, 0.6) is 0 Å². The second kappa shape index (κ2) is 7.19. The smallest absolute Gasteiger partial charge is 0.212 e. The molecule has 0 atom stereocenters. The van der Waals surface area contributed by atoms with Crippen LogP contribution in [0.25, 0.3) is 0 Å². The normalized spacial score (nSPS) is 12.9. The van der Waals surface area contributed by atoms with Crippen molar-refractivity contribution in [2.75, 3.05) is 0 Å². The maximum atomic E-state index is 8.45. The van der Waals surface area contributed by atoms with E-state index in [1.807, 2.05) is 10.9 Å². The number of aliphatic imine (C=N–C) groups is 2. The summed E-state index contributed by atoms with van der Waals surface area (Å²) in [7, 11) is 0.